The van der Waals surface area contributed by atoms with Crippen LogP contribution in [-0.2, 0) is 16.4 Å². The summed E-state index contributed by atoms with van der Waals surface area (Å²) < 4.78 is 26.6. The molecule has 0 aliphatic rings. The molecule has 0 atom stereocenters. The highest BCUT2D eigenvalue weighted by Crippen LogP contribution is 2.27. The van der Waals surface area contributed by atoms with Gasteiger partial charge in [-0.15, -0.1) is 0 Å². The smallest absolute Gasteiger partial charge is 0.232 e. The number of H-pyrrole nitrogens is 1. The highest BCUT2D eigenvalue weighted by molar-refractivity contribution is 7.92. The summed E-state index contributed by atoms with van der Waals surface area (Å²) in [6.07, 6.45) is 1.29. The molecule has 5 N–H and O–H groups in total. The lowest BCUT2D eigenvalue weighted by Crippen LogP contribution is -2.15. The first-order valence-corrected chi connectivity index (χ1v) is 10.5. The molecule has 0 saturated carbocycles. The van der Waals surface area contributed by atoms with Gasteiger partial charge in [-0.1, -0.05) is 31.2 Å². The fourth-order valence-corrected chi connectivity index (χ4v) is 4.25. The minimum absolute atomic E-state index is 0.0568. The molecule has 0 unspecified atom stereocenters. The Kier molecular flexibility index (Phi) is 5.23. The van der Waals surface area contributed by atoms with Gasteiger partial charge in [0, 0.05) is 34.3 Å². The van der Waals surface area contributed by atoms with E-state index >= 15 is 0 Å². The first kappa shape index (κ1) is 19.0. The molecule has 3 aromatic rings. The third-order valence-electron chi connectivity index (χ3n) is 4.55. The van der Waals surface area contributed by atoms with Gasteiger partial charge < -0.3 is 10.7 Å². The number of hydrogen-bond donors (Lipinski definition) is 4. The summed E-state index contributed by atoms with van der Waals surface area (Å²) in [6, 6.07) is 13.2. The molecule has 0 spiro atoms. The first-order valence-electron chi connectivity index (χ1n) is 8.84. The number of anilines is 1. The SMILES string of the molecule is CCCS(=O)(=O)Nc1ccc2[nH]c(Cc3ccc(C(=N)N)cc3)c(C)c2c1. The van der Waals surface area contributed by atoms with E-state index in [0.717, 1.165) is 34.1 Å². The highest BCUT2D eigenvalue weighted by atomic mass is 32.2. The van der Waals surface area contributed by atoms with E-state index < -0.39 is 10.0 Å². The number of rotatable bonds is 7. The van der Waals surface area contributed by atoms with Crippen LogP contribution in [0.2, 0.25) is 0 Å². The predicted molar refractivity (Wildman–Crippen MR) is 111 cm³/mol. The normalized spacial score (nSPS) is 11.6. The minimum atomic E-state index is -3.31. The van der Waals surface area contributed by atoms with Crippen molar-refractivity contribution < 1.29 is 8.42 Å². The van der Waals surface area contributed by atoms with Crippen LogP contribution in [0.3, 0.4) is 0 Å². The van der Waals surface area contributed by atoms with Gasteiger partial charge in [0.1, 0.15) is 5.84 Å². The second-order valence-electron chi connectivity index (χ2n) is 6.70. The second kappa shape index (κ2) is 7.44. The van der Waals surface area contributed by atoms with E-state index in [2.05, 4.69) is 9.71 Å². The number of nitrogens with two attached hydrogens (primary N) is 1. The topological polar surface area (TPSA) is 112 Å². The van der Waals surface area contributed by atoms with Gasteiger partial charge in [0.25, 0.3) is 0 Å². The number of benzene rings is 2. The van der Waals surface area contributed by atoms with Crippen molar-refractivity contribution in [2.45, 2.75) is 26.7 Å². The summed E-state index contributed by atoms with van der Waals surface area (Å²) in [4.78, 5) is 3.42. The lowest BCUT2D eigenvalue weighted by molar-refractivity contribution is 0.600. The van der Waals surface area contributed by atoms with Gasteiger partial charge in [0.05, 0.1) is 5.75 Å². The van der Waals surface area contributed by atoms with Crippen molar-refractivity contribution in [3.8, 4) is 0 Å². The number of aryl methyl sites for hydroxylation is 1. The molecular formula is C20H24N4O2S. The van der Waals surface area contributed by atoms with Gasteiger partial charge in [-0.25, -0.2) is 8.42 Å². The molecule has 7 heteroatoms. The number of fused-ring (bicyclic) bond motifs is 1. The number of aromatic nitrogens is 1. The monoisotopic (exact) mass is 384 g/mol. The molecule has 0 fully saturated rings. The van der Waals surface area contributed by atoms with Crippen LogP contribution >= 0.6 is 0 Å². The van der Waals surface area contributed by atoms with E-state index in [4.69, 9.17) is 11.1 Å². The first-order chi connectivity index (χ1) is 12.8. The zero-order valence-corrected chi connectivity index (χ0v) is 16.3. The van der Waals surface area contributed by atoms with Gasteiger partial charge in [0.2, 0.25) is 10.0 Å². The zero-order chi connectivity index (χ0) is 19.6. The van der Waals surface area contributed by atoms with Gasteiger partial charge in [-0.2, -0.15) is 0 Å². The Morgan fingerprint density at radius 3 is 2.52 bits per heavy atom. The van der Waals surface area contributed by atoms with Gasteiger partial charge in [-0.3, -0.25) is 10.1 Å². The van der Waals surface area contributed by atoms with Crippen molar-refractivity contribution >= 4 is 32.4 Å². The van der Waals surface area contributed by atoms with E-state index in [1.807, 2.05) is 50.2 Å². The molecule has 0 radical (unpaired) electrons. The molecular weight excluding hydrogens is 360 g/mol. The molecule has 6 nitrogen and oxygen atoms in total. The van der Waals surface area contributed by atoms with E-state index in [1.54, 1.807) is 6.07 Å². The molecule has 1 aromatic heterocycles. The Balaban J connectivity index is 1.87. The van der Waals surface area contributed by atoms with Crippen molar-refractivity contribution in [2.75, 3.05) is 10.5 Å². The fourth-order valence-electron chi connectivity index (χ4n) is 3.13. The van der Waals surface area contributed by atoms with E-state index in [0.29, 0.717) is 17.7 Å². The number of aromatic amines is 1. The summed E-state index contributed by atoms with van der Waals surface area (Å²) in [6.45, 7) is 3.87. The van der Waals surface area contributed by atoms with Crippen LogP contribution in [0.1, 0.15) is 35.7 Å². The molecule has 1 heterocycles. The largest absolute Gasteiger partial charge is 0.384 e. The van der Waals surface area contributed by atoms with Gasteiger partial charge in [0.15, 0.2) is 0 Å². The van der Waals surface area contributed by atoms with E-state index in [-0.39, 0.29) is 11.6 Å². The number of nitrogens with one attached hydrogen (secondary N) is 3. The molecule has 0 aliphatic heterocycles. The Morgan fingerprint density at radius 2 is 1.89 bits per heavy atom. The molecule has 0 aliphatic carbocycles. The summed E-state index contributed by atoms with van der Waals surface area (Å²) in [5.74, 6) is 0.167. The van der Waals surface area contributed by atoms with Crippen LogP contribution < -0.4 is 10.5 Å². The standard InChI is InChI=1S/C20H24N4O2S/c1-3-10-27(25,26)24-16-8-9-18-17(12-16)13(2)19(23-18)11-14-4-6-15(7-5-14)20(21)22/h4-9,12,23-24H,3,10-11H2,1-2H3,(H3,21,22). The van der Waals surface area contributed by atoms with Crippen LogP contribution in [-0.4, -0.2) is 25.0 Å². The van der Waals surface area contributed by atoms with Crippen molar-refractivity contribution in [3.05, 3.63) is 64.8 Å². The highest BCUT2D eigenvalue weighted by Gasteiger charge is 2.12. The average molecular weight is 385 g/mol. The van der Waals surface area contributed by atoms with Crippen molar-refractivity contribution in [3.63, 3.8) is 0 Å². The maximum absolute atomic E-state index is 12.0. The third-order valence-corrected chi connectivity index (χ3v) is 6.05. The molecule has 0 amide bonds. The average Bonchev–Trinajstić information content (AvgIpc) is 2.91. The fraction of sp³-hybridized carbons (Fsp3) is 0.250. The summed E-state index contributed by atoms with van der Waals surface area (Å²) in [5.41, 5.74) is 11.0. The van der Waals surface area contributed by atoms with Crippen LogP contribution in [0.5, 0.6) is 0 Å². The number of amidine groups is 1. The van der Waals surface area contributed by atoms with Gasteiger partial charge >= 0.3 is 0 Å². The number of hydrogen-bond acceptors (Lipinski definition) is 3. The molecule has 0 bridgehead atoms. The minimum Gasteiger partial charge on any atom is -0.384 e. The Hall–Kier alpha value is -2.80. The molecule has 0 saturated heterocycles. The quantitative estimate of drug-likeness (QED) is 0.369. The Bertz CT molecular complexity index is 1080. The molecule has 142 valence electrons. The van der Waals surface area contributed by atoms with Crippen LogP contribution in [0, 0.1) is 12.3 Å². The van der Waals surface area contributed by atoms with Crippen molar-refractivity contribution in [1.29, 1.82) is 5.41 Å². The Labute approximate surface area is 159 Å². The number of sulfonamides is 1. The third kappa shape index (κ3) is 4.31. The van der Waals surface area contributed by atoms with Crippen LogP contribution in [0.15, 0.2) is 42.5 Å². The van der Waals surface area contributed by atoms with Gasteiger partial charge in [-0.05, 0) is 42.7 Å². The van der Waals surface area contributed by atoms with Crippen LogP contribution in [0.4, 0.5) is 5.69 Å². The lowest BCUT2D eigenvalue weighted by atomic mass is 10.0. The van der Waals surface area contributed by atoms with Crippen LogP contribution in [0.25, 0.3) is 10.9 Å². The maximum Gasteiger partial charge on any atom is 0.232 e. The predicted octanol–water partition coefficient (Wildman–Crippen LogP) is 3.50. The molecule has 27 heavy (non-hydrogen) atoms. The maximum atomic E-state index is 12.0. The summed E-state index contributed by atoms with van der Waals surface area (Å²) in [7, 11) is -3.31. The second-order valence-corrected chi connectivity index (χ2v) is 8.54. The van der Waals surface area contributed by atoms with Crippen molar-refractivity contribution in [1.82, 2.24) is 4.98 Å². The van der Waals surface area contributed by atoms with E-state index in [1.165, 1.54) is 0 Å². The summed E-state index contributed by atoms with van der Waals surface area (Å²) in [5, 5.41) is 8.47. The lowest BCUT2D eigenvalue weighted by Gasteiger charge is -2.07. The van der Waals surface area contributed by atoms with Crippen molar-refractivity contribution in [2.24, 2.45) is 5.73 Å². The summed E-state index contributed by atoms with van der Waals surface area (Å²) >= 11 is 0. The number of nitrogen functional groups attached to an aromatic ring is 1. The molecule has 2 aromatic carbocycles. The Morgan fingerprint density at radius 1 is 1.19 bits per heavy atom. The molecule has 3 rings (SSSR count). The zero-order valence-electron chi connectivity index (χ0n) is 15.5. The van der Waals surface area contributed by atoms with E-state index in [9.17, 15) is 8.42 Å².